The highest BCUT2D eigenvalue weighted by molar-refractivity contribution is 5.26. The molecule has 0 bridgehead atoms. The maximum atomic E-state index is 12.1. The number of hydrogen-bond acceptors (Lipinski definition) is 1. The molecule has 0 aliphatic heterocycles. The molecule has 1 aromatic rings. The maximum absolute atomic E-state index is 12.1. The fourth-order valence-corrected chi connectivity index (χ4v) is 2.29. The minimum Gasteiger partial charge on any atom is -0.286 e. The molecule has 0 saturated carbocycles. The topological polar surface area (TPSA) is 37.8 Å². The molecule has 1 rings (SSSR count). The Balaban J connectivity index is 3.43. The minimum absolute atomic E-state index is 0.0712. The Morgan fingerprint density at radius 2 is 1.71 bits per heavy atom. The zero-order valence-corrected chi connectivity index (χ0v) is 12.2. The smallest absolute Gasteiger partial charge is 0.268 e. The minimum atomic E-state index is -0.0993. The number of nitrogens with zero attached hydrogens (tertiary/aromatic N) is 1. The summed E-state index contributed by atoms with van der Waals surface area (Å²) in [6, 6.07) is 0.299. The second-order valence-electron chi connectivity index (χ2n) is 6.57. The van der Waals surface area contributed by atoms with Gasteiger partial charge in [-0.05, 0) is 31.6 Å². The van der Waals surface area contributed by atoms with Crippen molar-refractivity contribution in [2.75, 3.05) is 0 Å². The monoisotopic (exact) mass is 238 g/mol. The zero-order chi connectivity index (χ0) is 13.4. The third-order valence-corrected chi connectivity index (χ3v) is 2.90. The fourth-order valence-electron chi connectivity index (χ4n) is 2.29. The average Bonchev–Trinajstić information content (AvgIpc) is 2.40. The summed E-state index contributed by atoms with van der Waals surface area (Å²) < 4.78 is 2.03. The molecule has 1 N–H and O–H groups in total. The molecule has 0 amide bonds. The van der Waals surface area contributed by atoms with Crippen LogP contribution in [0, 0.1) is 5.92 Å². The van der Waals surface area contributed by atoms with E-state index in [4.69, 9.17) is 0 Å². The number of aromatic amines is 1. The van der Waals surface area contributed by atoms with E-state index < -0.39 is 0 Å². The number of H-pyrrole nitrogens is 1. The highest BCUT2D eigenvalue weighted by atomic mass is 16.1. The van der Waals surface area contributed by atoms with Gasteiger partial charge in [0.25, 0.3) is 5.56 Å². The second-order valence-corrected chi connectivity index (χ2v) is 6.57. The number of rotatable bonds is 3. The number of nitrogens with one attached hydrogen (secondary N) is 1. The highest BCUT2D eigenvalue weighted by Crippen LogP contribution is 2.26. The van der Waals surface area contributed by atoms with Crippen molar-refractivity contribution in [1.29, 1.82) is 0 Å². The van der Waals surface area contributed by atoms with Gasteiger partial charge in [0, 0.05) is 17.3 Å². The van der Waals surface area contributed by atoms with Gasteiger partial charge in [0.2, 0.25) is 0 Å². The summed E-state index contributed by atoms with van der Waals surface area (Å²) in [5.74, 6) is 0.552. The van der Waals surface area contributed by atoms with Crippen molar-refractivity contribution in [1.82, 2.24) is 9.78 Å². The third-order valence-electron chi connectivity index (χ3n) is 2.90. The van der Waals surface area contributed by atoms with Gasteiger partial charge in [-0.3, -0.25) is 14.6 Å². The molecule has 17 heavy (non-hydrogen) atoms. The molecule has 1 heterocycles. The zero-order valence-electron chi connectivity index (χ0n) is 12.2. The molecule has 0 atom stereocenters. The van der Waals surface area contributed by atoms with Crippen molar-refractivity contribution in [2.45, 2.75) is 66.3 Å². The van der Waals surface area contributed by atoms with Crippen LogP contribution in [0.25, 0.3) is 0 Å². The Morgan fingerprint density at radius 1 is 1.18 bits per heavy atom. The molecule has 0 unspecified atom stereocenters. The van der Waals surface area contributed by atoms with Crippen molar-refractivity contribution >= 4 is 0 Å². The van der Waals surface area contributed by atoms with Gasteiger partial charge in [0.05, 0.1) is 0 Å². The average molecular weight is 238 g/mol. The molecule has 3 heteroatoms. The van der Waals surface area contributed by atoms with Gasteiger partial charge < -0.3 is 0 Å². The summed E-state index contributed by atoms with van der Waals surface area (Å²) in [5, 5.41) is 2.99. The molecule has 0 aromatic carbocycles. The highest BCUT2D eigenvalue weighted by Gasteiger charge is 2.26. The summed E-state index contributed by atoms with van der Waals surface area (Å²) in [5.41, 5.74) is 2.09. The van der Waals surface area contributed by atoms with Crippen molar-refractivity contribution in [3.05, 3.63) is 21.6 Å². The van der Waals surface area contributed by atoms with E-state index in [1.807, 2.05) is 4.68 Å². The fraction of sp³-hybridized carbons (Fsp3) is 0.786. The van der Waals surface area contributed by atoms with Crippen LogP contribution >= 0.6 is 0 Å². The molecule has 0 spiro atoms. The lowest BCUT2D eigenvalue weighted by Crippen LogP contribution is -2.22. The predicted molar refractivity (Wildman–Crippen MR) is 72.7 cm³/mol. The SMILES string of the molecule is CC(C)Cc1c(C(C)(C)C)c(=O)[nH]n1C(C)C. The Morgan fingerprint density at radius 3 is 2.06 bits per heavy atom. The van der Waals surface area contributed by atoms with E-state index in [0.717, 1.165) is 12.0 Å². The molecule has 0 aliphatic carbocycles. The summed E-state index contributed by atoms with van der Waals surface area (Å²) in [7, 11) is 0. The second kappa shape index (κ2) is 4.71. The van der Waals surface area contributed by atoms with Gasteiger partial charge >= 0.3 is 0 Å². The van der Waals surface area contributed by atoms with E-state index in [9.17, 15) is 4.79 Å². The predicted octanol–water partition coefficient (Wildman–Crippen LogP) is 3.25. The van der Waals surface area contributed by atoms with Crippen LogP contribution in [-0.4, -0.2) is 9.78 Å². The van der Waals surface area contributed by atoms with E-state index in [1.54, 1.807) is 0 Å². The van der Waals surface area contributed by atoms with Gasteiger partial charge in [-0.15, -0.1) is 0 Å². The Hall–Kier alpha value is -0.990. The lowest BCUT2D eigenvalue weighted by Gasteiger charge is -2.21. The van der Waals surface area contributed by atoms with Crippen LogP contribution in [0.5, 0.6) is 0 Å². The van der Waals surface area contributed by atoms with Crippen LogP contribution in [0.15, 0.2) is 4.79 Å². The van der Waals surface area contributed by atoms with Crippen molar-refractivity contribution in [3.63, 3.8) is 0 Å². The Kier molecular flexibility index (Phi) is 3.90. The molecule has 3 nitrogen and oxygen atoms in total. The first kappa shape index (κ1) is 14.1. The number of aromatic nitrogens is 2. The van der Waals surface area contributed by atoms with Crippen LogP contribution < -0.4 is 5.56 Å². The van der Waals surface area contributed by atoms with Crippen molar-refractivity contribution < 1.29 is 0 Å². The lowest BCUT2D eigenvalue weighted by atomic mass is 9.85. The Bertz CT molecular complexity index is 430. The summed E-state index contributed by atoms with van der Waals surface area (Å²) >= 11 is 0. The molecular weight excluding hydrogens is 212 g/mol. The first-order valence-corrected chi connectivity index (χ1v) is 6.48. The van der Waals surface area contributed by atoms with Crippen LogP contribution in [-0.2, 0) is 11.8 Å². The molecule has 1 aromatic heterocycles. The van der Waals surface area contributed by atoms with Gasteiger partial charge in [0.15, 0.2) is 0 Å². The van der Waals surface area contributed by atoms with Gasteiger partial charge in [-0.1, -0.05) is 34.6 Å². The maximum Gasteiger partial charge on any atom is 0.268 e. The normalized spacial score (nSPS) is 12.8. The molecule has 0 saturated heterocycles. The standard InChI is InChI=1S/C14H26N2O/c1-9(2)8-11-12(14(5,6)7)13(17)15-16(11)10(3)4/h9-10H,8H2,1-7H3,(H,15,17). The molecule has 0 aliphatic rings. The number of hydrogen-bond donors (Lipinski definition) is 1. The third kappa shape index (κ3) is 3.02. The summed E-state index contributed by atoms with van der Waals surface area (Å²) in [4.78, 5) is 12.1. The Labute approximate surface area is 104 Å². The molecule has 0 fully saturated rings. The summed E-state index contributed by atoms with van der Waals surface area (Å²) in [6.07, 6.45) is 0.948. The van der Waals surface area contributed by atoms with E-state index in [-0.39, 0.29) is 11.0 Å². The molecule has 98 valence electrons. The summed E-state index contributed by atoms with van der Waals surface area (Å²) in [6.45, 7) is 14.9. The molecule has 0 radical (unpaired) electrons. The van der Waals surface area contributed by atoms with E-state index in [0.29, 0.717) is 12.0 Å². The van der Waals surface area contributed by atoms with Gasteiger partial charge in [-0.25, -0.2) is 0 Å². The van der Waals surface area contributed by atoms with Crippen LogP contribution in [0.2, 0.25) is 0 Å². The van der Waals surface area contributed by atoms with Crippen molar-refractivity contribution in [2.24, 2.45) is 5.92 Å². The van der Waals surface area contributed by atoms with Gasteiger partial charge in [-0.2, -0.15) is 0 Å². The van der Waals surface area contributed by atoms with Gasteiger partial charge in [0.1, 0.15) is 0 Å². The van der Waals surface area contributed by atoms with E-state index in [2.05, 4.69) is 53.6 Å². The molecular formula is C14H26N2O. The largest absolute Gasteiger partial charge is 0.286 e. The van der Waals surface area contributed by atoms with Crippen LogP contribution in [0.4, 0.5) is 0 Å². The quantitative estimate of drug-likeness (QED) is 0.862. The van der Waals surface area contributed by atoms with Crippen molar-refractivity contribution in [3.8, 4) is 0 Å². The first-order chi connectivity index (χ1) is 7.64. The first-order valence-electron chi connectivity index (χ1n) is 6.48. The van der Waals surface area contributed by atoms with E-state index in [1.165, 1.54) is 5.69 Å². The lowest BCUT2D eigenvalue weighted by molar-refractivity contribution is 0.478. The van der Waals surface area contributed by atoms with Crippen LogP contribution in [0.3, 0.4) is 0 Å². The van der Waals surface area contributed by atoms with Crippen LogP contribution in [0.1, 0.15) is 65.8 Å². The van der Waals surface area contributed by atoms with E-state index >= 15 is 0 Å².